The van der Waals surface area contributed by atoms with Gasteiger partial charge in [0.2, 0.25) is 11.8 Å². The molecule has 0 radical (unpaired) electrons. The average Bonchev–Trinajstić information content (AvgIpc) is 2.42. The predicted octanol–water partition coefficient (Wildman–Crippen LogP) is 2.59. The molecule has 0 spiro atoms. The molecule has 19 heavy (non-hydrogen) atoms. The Hall–Kier alpha value is -2.45. The fourth-order valence-corrected chi connectivity index (χ4v) is 1.44. The summed E-state index contributed by atoms with van der Waals surface area (Å²) in [6.45, 7) is 0.0788. The van der Waals surface area contributed by atoms with Crippen LogP contribution in [0.25, 0.3) is 0 Å². The number of rotatable bonds is 4. The molecule has 0 amide bonds. The maximum absolute atomic E-state index is 9.19. The van der Waals surface area contributed by atoms with Crippen LogP contribution in [0.1, 0.15) is 0 Å². The van der Waals surface area contributed by atoms with Crippen molar-refractivity contribution in [2.45, 2.75) is 0 Å². The van der Waals surface area contributed by atoms with Crippen LogP contribution in [-0.2, 0) is 0 Å². The zero-order chi connectivity index (χ0) is 13.7. The average molecular weight is 276 g/mol. The van der Waals surface area contributed by atoms with Crippen LogP contribution in [0.4, 0.5) is 11.6 Å². The highest BCUT2D eigenvalue weighted by atomic mass is 35.5. The van der Waals surface area contributed by atoms with Gasteiger partial charge in [0.15, 0.2) is 6.61 Å². The van der Waals surface area contributed by atoms with Crippen LogP contribution in [-0.4, -0.2) is 21.7 Å². The Morgan fingerprint density at radius 1 is 1.37 bits per heavy atom. The first-order chi connectivity index (χ1) is 9.19. The number of hydrogen-bond donors (Lipinski definition) is 2. The molecule has 1 aromatic carbocycles. The summed E-state index contributed by atoms with van der Waals surface area (Å²) in [7, 11) is 0. The van der Waals surface area contributed by atoms with Crippen molar-refractivity contribution in [2.24, 2.45) is 0 Å². The number of nitrogens with zero attached hydrogens (tertiary/aromatic N) is 2. The van der Waals surface area contributed by atoms with E-state index in [2.05, 4.69) is 21.2 Å². The number of phenols is 1. The Morgan fingerprint density at radius 3 is 2.79 bits per heavy atom. The van der Waals surface area contributed by atoms with Crippen LogP contribution < -0.4 is 10.1 Å². The Morgan fingerprint density at radius 2 is 2.11 bits per heavy atom. The van der Waals surface area contributed by atoms with Crippen LogP contribution in [0.3, 0.4) is 0 Å². The van der Waals surface area contributed by atoms with Gasteiger partial charge in [-0.1, -0.05) is 17.5 Å². The Kier molecular flexibility index (Phi) is 4.06. The molecule has 2 rings (SSSR count). The van der Waals surface area contributed by atoms with Crippen molar-refractivity contribution >= 4 is 23.2 Å². The van der Waals surface area contributed by atoms with Gasteiger partial charge in [0.05, 0.1) is 6.20 Å². The first kappa shape index (κ1) is 13.0. The molecule has 2 N–H and O–H groups in total. The minimum atomic E-state index is 0.0788. The van der Waals surface area contributed by atoms with Crippen molar-refractivity contribution in [3.05, 3.63) is 35.5 Å². The van der Waals surface area contributed by atoms with Gasteiger partial charge in [-0.15, -0.1) is 6.42 Å². The summed E-state index contributed by atoms with van der Waals surface area (Å²) in [4.78, 5) is 8.11. The van der Waals surface area contributed by atoms with Crippen LogP contribution in [0.15, 0.2) is 30.5 Å². The van der Waals surface area contributed by atoms with Gasteiger partial charge in [-0.2, -0.15) is 4.98 Å². The molecule has 1 aromatic heterocycles. The van der Waals surface area contributed by atoms with Crippen molar-refractivity contribution in [3.63, 3.8) is 0 Å². The predicted molar refractivity (Wildman–Crippen MR) is 72.8 cm³/mol. The summed E-state index contributed by atoms with van der Waals surface area (Å²) in [6.07, 6.45) is 6.52. The van der Waals surface area contributed by atoms with Crippen molar-refractivity contribution in [2.75, 3.05) is 11.9 Å². The smallest absolute Gasteiger partial charge is 0.238 e. The van der Waals surface area contributed by atoms with E-state index in [1.807, 2.05) is 0 Å². The highest BCUT2D eigenvalue weighted by Crippen LogP contribution is 2.23. The van der Waals surface area contributed by atoms with Crippen LogP contribution in [0.5, 0.6) is 11.6 Å². The van der Waals surface area contributed by atoms with Crippen LogP contribution >= 0.6 is 11.6 Å². The van der Waals surface area contributed by atoms with Crippen molar-refractivity contribution in [3.8, 4) is 24.0 Å². The maximum atomic E-state index is 9.19. The molecule has 6 heteroatoms. The Labute approximate surface area is 115 Å². The number of terminal acetylenes is 1. The van der Waals surface area contributed by atoms with Gasteiger partial charge in [-0.3, -0.25) is 0 Å². The Bertz CT molecular complexity index is 608. The van der Waals surface area contributed by atoms with E-state index in [0.29, 0.717) is 5.95 Å². The van der Waals surface area contributed by atoms with Gasteiger partial charge in [0.1, 0.15) is 10.8 Å². The molecular formula is C13H10ClN3O2. The molecule has 0 aliphatic carbocycles. The normalized spacial score (nSPS) is 9.68. The summed E-state index contributed by atoms with van der Waals surface area (Å²) < 4.78 is 5.18. The second kappa shape index (κ2) is 5.94. The van der Waals surface area contributed by atoms with E-state index in [0.717, 1.165) is 5.69 Å². The second-order valence-electron chi connectivity index (χ2n) is 3.51. The van der Waals surface area contributed by atoms with Gasteiger partial charge in [0.25, 0.3) is 0 Å². The lowest BCUT2D eigenvalue weighted by atomic mass is 10.3. The lowest BCUT2D eigenvalue weighted by Gasteiger charge is -2.07. The molecule has 96 valence electrons. The second-order valence-corrected chi connectivity index (χ2v) is 3.92. The number of phenolic OH excluding ortho intramolecular Hbond substituents is 1. The molecule has 5 nitrogen and oxygen atoms in total. The standard InChI is InChI=1S/C13H10ClN3O2/c1-2-7-19-12-11(14)8-15-13(17-12)16-9-3-5-10(18)6-4-9/h1,3-6,8,18H,7H2,(H,15,16,17). The summed E-state index contributed by atoms with van der Waals surface area (Å²) in [5, 5.41) is 12.4. The van der Waals surface area contributed by atoms with E-state index in [1.165, 1.54) is 6.20 Å². The van der Waals surface area contributed by atoms with Gasteiger partial charge < -0.3 is 15.2 Å². The molecule has 0 saturated carbocycles. The van der Waals surface area contributed by atoms with E-state index in [4.69, 9.17) is 22.8 Å². The van der Waals surface area contributed by atoms with E-state index in [1.54, 1.807) is 24.3 Å². The molecule has 0 saturated heterocycles. The fraction of sp³-hybridized carbons (Fsp3) is 0.0769. The third kappa shape index (κ3) is 3.50. The first-order valence-electron chi connectivity index (χ1n) is 5.34. The molecule has 0 bridgehead atoms. The van der Waals surface area contributed by atoms with E-state index >= 15 is 0 Å². The topological polar surface area (TPSA) is 67.3 Å². The zero-order valence-corrected chi connectivity index (χ0v) is 10.6. The van der Waals surface area contributed by atoms with E-state index in [9.17, 15) is 5.11 Å². The number of aromatic hydroxyl groups is 1. The highest BCUT2D eigenvalue weighted by molar-refractivity contribution is 6.31. The van der Waals surface area contributed by atoms with Crippen LogP contribution in [0.2, 0.25) is 5.02 Å². The highest BCUT2D eigenvalue weighted by Gasteiger charge is 2.06. The van der Waals surface area contributed by atoms with Crippen molar-refractivity contribution in [1.29, 1.82) is 0 Å². The zero-order valence-electron chi connectivity index (χ0n) is 9.80. The monoisotopic (exact) mass is 275 g/mol. The minimum Gasteiger partial charge on any atom is -0.508 e. The molecule has 0 aliphatic rings. The number of halogens is 1. The quantitative estimate of drug-likeness (QED) is 0.663. The summed E-state index contributed by atoms with van der Waals surface area (Å²) >= 11 is 5.88. The molecule has 0 atom stereocenters. The lowest BCUT2D eigenvalue weighted by Crippen LogP contribution is -2.02. The van der Waals surface area contributed by atoms with Gasteiger partial charge in [-0.05, 0) is 24.3 Å². The third-order valence-corrected chi connectivity index (χ3v) is 2.39. The number of aromatic nitrogens is 2. The van der Waals surface area contributed by atoms with Crippen molar-refractivity contribution < 1.29 is 9.84 Å². The van der Waals surface area contributed by atoms with Crippen LogP contribution in [0, 0.1) is 12.3 Å². The SMILES string of the molecule is C#CCOc1nc(Nc2ccc(O)cc2)ncc1Cl. The van der Waals surface area contributed by atoms with Gasteiger partial charge in [0, 0.05) is 5.69 Å². The third-order valence-electron chi connectivity index (χ3n) is 2.13. The maximum Gasteiger partial charge on any atom is 0.238 e. The number of hydrogen-bond acceptors (Lipinski definition) is 5. The molecule has 0 fully saturated rings. The first-order valence-corrected chi connectivity index (χ1v) is 5.71. The van der Waals surface area contributed by atoms with Crippen molar-refractivity contribution in [1.82, 2.24) is 9.97 Å². The number of nitrogens with one attached hydrogen (secondary N) is 1. The summed E-state index contributed by atoms with van der Waals surface area (Å²) in [6, 6.07) is 6.48. The summed E-state index contributed by atoms with van der Waals surface area (Å²) in [5.74, 6) is 3.05. The summed E-state index contributed by atoms with van der Waals surface area (Å²) in [5.41, 5.74) is 0.725. The number of anilines is 2. The molecule has 1 heterocycles. The number of benzene rings is 1. The molecule has 0 unspecified atom stereocenters. The Balaban J connectivity index is 2.16. The fourth-order valence-electron chi connectivity index (χ4n) is 1.30. The minimum absolute atomic E-state index is 0.0788. The van der Waals surface area contributed by atoms with Gasteiger partial charge >= 0.3 is 0 Å². The van der Waals surface area contributed by atoms with Gasteiger partial charge in [-0.25, -0.2) is 4.98 Å². The molecule has 2 aromatic rings. The lowest BCUT2D eigenvalue weighted by molar-refractivity contribution is 0.355. The molecule has 0 aliphatic heterocycles. The van der Waals surface area contributed by atoms with E-state index < -0.39 is 0 Å². The number of ether oxygens (including phenoxy) is 1. The van der Waals surface area contributed by atoms with E-state index in [-0.39, 0.29) is 23.3 Å². The largest absolute Gasteiger partial charge is 0.508 e. The molecular weight excluding hydrogens is 266 g/mol.